The minimum atomic E-state index is -0.401. The molecule has 5 nitrogen and oxygen atoms in total. The Morgan fingerprint density at radius 3 is 2.78 bits per heavy atom. The van der Waals surface area contributed by atoms with E-state index >= 15 is 0 Å². The molecule has 32 heavy (non-hydrogen) atoms. The van der Waals surface area contributed by atoms with Crippen molar-refractivity contribution >= 4 is 23.1 Å². The maximum absolute atomic E-state index is 12.3. The number of para-hydroxylation sites is 1. The highest BCUT2D eigenvalue weighted by Crippen LogP contribution is 2.22. The van der Waals surface area contributed by atoms with Crippen LogP contribution >= 0.6 is 0 Å². The molecule has 0 unspecified atom stereocenters. The lowest BCUT2D eigenvalue weighted by Gasteiger charge is -2.12. The molecule has 0 radical (unpaired) electrons. The summed E-state index contributed by atoms with van der Waals surface area (Å²) in [5, 5.41) is 4.94. The van der Waals surface area contributed by atoms with Crippen LogP contribution in [0.25, 0.3) is 11.0 Å². The Bertz CT molecular complexity index is 1250. The van der Waals surface area contributed by atoms with Crippen LogP contribution in [0.4, 0.5) is 0 Å². The van der Waals surface area contributed by atoms with Gasteiger partial charge in [-0.05, 0) is 60.4 Å². The first kappa shape index (κ1) is 21.1. The zero-order chi connectivity index (χ0) is 22.3. The van der Waals surface area contributed by atoms with Gasteiger partial charge >= 0.3 is 5.91 Å². The van der Waals surface area contributed by atoms with Gasteiger partial charge < -0.3 is 9.15 Å². The predicted molar refractivity (Wildman–Crippen MR) is 127 cm³/mol. The van der Waals surface area contributed by atoms with Crippen molar-refractivity contribution in [1.29, 1.82) is 0 Å². The Hall–Kier alpha value is -4.12. The lowest BCUT2D eigenvalue weighted by Crippen LogP contribution is -2.16. The molecule has 5 heteroatoms. The number of hydrogen-bond acceptors (Lipinski definition) is 4. The first-order chi connectivity index (χ1) is 15.6. The number of amides is 1. The molecule has 4 aromatic rings. The number of benzene rings is 3. The number of hydrogen-bond donors (Lipinski definition) is 1. The lowest BCUT2D eigenvalue weighted by atomic mass is 10.1. The minimum absolute atomic E-state index is 0.218. The molecule has 0 aliphatic heterocycles. The van der Waals surface area contributed by atoms with Gasteiger partial charge in [0.1, 0.15) is 17.9 Å². The topological polar surface area (TPSA) is 63.8 Å². The number of nitrogens with zero attached hydrogens (tertiary/aromatic N) is 1. The molecule has 160 valence electrons. The normalized spacial score (nSPS) is 11.0. The van der Waals surface area contributed by atoms with Crippen LogP contribution in [0.3, 0.4) is 0 Å². The van der Waals surface area contributed by atoms with Crippen LogP contribution < -0.4 is 10.2 Å². The van der Waals surface area contributed by atoms with Crippen molar-refractivity contribution in [2.75, 3.05) is 0 Å². The van der Waals surface area contributed by atoms with Crippen molar-refractivity contribution in [2.45, 2.75) is 20.0 Å². The molecule has 0 aliphatic carbocycles. The monoisotopic (exact) mass is 424 g/mol. The van der Waals surface area contributed by atoms with E-state index in [1.54, 1.807) is 12.3 Å². The second-order valence-corrected chi connectivity index (χ2v) is 7.49. The molecule has 0 atom stereocenters. The third-order valence-corrected chi connectivity index (χ3v) is 4.95. The third-order valence-electron chi connectivity index (χ3n) is 4.95. The lowest BCUT2D eigenvalue weighted by molar-refractivity contribution is 0.0929. The van der Waals surface area contributed by atoms with Crippen molar-refractivity contribution in [3.63, 3.8) is 0 Å². The Morgan fingerprint density at radius 1 is 1.09 bits per heavy atom. The number of hydrazone groups is 1. The number of aryl methyl sites for hydroxylation is 1. The van der Waals surface area contributed by atoms with Gasteiger partial charge in [0.2, 0.25) is 0 Å². The third kappa shape index (κ3) is 5.13. The van der Waals surface area contributed by atoms with E-state index in [1.807, 2.05) is 60.7 Å². The molecular formula is C27H24N2O3. The maximum atomic E-state index is 12.3. The molecule has 4 rings (SSSR count). The predicted octanol–water partition coefficient (Wildman–Crippen LogP) is 5.81. The van der Waals surface area contributed by atoms with Gasteiger partial charge in [-0.25, -0.2) is 5.43 Å². The van der Waals surface area contributed by atoms with E-state index in [0.29, 0.717) is 18.6 Å². The van der Waals surface area contributed by atoms with Crippen molar-refractivity contribution in [1.82, 2.24) is 5.43 Å². The van der Waals surface area contributed by atoms with Crippen LogP contribution in [0.2, 0.25) is 0 Å². The van der Waals surface area contributed by atoms with E-state index in [-0.39, 0.29) is 5.76 Å². The number of carbonyl (C=O) groups excluding carboxylic acids is 1. The standard InChI is InChI=1S/C27H24N2O3/c1-3-7-22-15-20(12-13-24(22)31-18-21-9-6-8-19(2)14-21)17-28-29-27(30)26-16-23-10-4-5-11-25(23)32-26/h3-6,8-17H,1,7,18H2,2H3,(H,29,30)/b28-17+. The Kier molecular flexibility index (Phi) is 6.46. The van der Waals surface area contributed by atoms with Crippen LogP contribution in [-0.4, -0.2) is 12.1 Å². The fourth-order valence-corrected chi connectivity index (χ4v) is 3.41. The summed E-state index contributed by atoms with van der Waals surface area (Å²) in [5.41, 5.74) is 7.34. The quantitative estimate of drug-likeness (QED) is 0.220. The zero-order valence-electron chi connectivity index (χ0n) is 17.9. The summed E-state index contributed by atoms with van der Waals surface area (Å²) < 4.78 is 11.6. The summed E-state index contributed by atoms with van der Waals surface area (Å²) in [6.45, 7) is 6.39. The highest BCUT2D eigenvalue weighted by atomic mass is 16.5. The van der Waals surface area contributed by atoms with E-state index in [4.69, 9.17) is 9.15 Å². The van der Waals surface area contributed by atoms with Gasteiger partial charge in [0.25, 0.3) is 0 Å². The number of ether oxygens (including phenoxy) is 1. The van der Waals surface area contributed by atoms with Gasteiger partial charge in [-0.2, -0.15) is 5.10 Å². The Labute approximate surface area is 187 Å². The molecule has 3 aromatic carbocycles. The van der Waals surface area contributed by atoms with Crippen LogP contribution in [0.1, 0.15) is 32.8 Å². The Morgan fingerprint density at radius 2 is 1.97 bits per heavy atom. The highest BCUT2D eigenvalue weighted by molar-refractivity contribution is 5.96. The van der Waals surface area contributed by atoms with Gasteiger partial charge in [0, 0.05) is 5.39 Å². The smallest absolute Gasteiger partial charge is 0.307 e. The van der Waals surface area contributed by atoms with E-state index in [9.17, 15) is 4.79 Å². The van der Waals surface area contributed by atoms with Crippen LogP contribution in [0.15, 0.2) is 95.0 Å². The van der Waals surface area contributed by atoms with Gasteiger partial charge in [-0.1, -0.05) is 54.1 Å². The second-order valence-electron chi connectivity index (χ2n) is 7.49. The van der Waals surface area contributed by atoms with E-state index < -0.39 is 5.91 Å². The summed E-state index contributed by atoms with van der Waals surface area (Å²) in [6, 6.07) is 23.2. The summed E-state index contributed by atoms with van der Waals surface area (Å²) in [5.74, 6) is 0.618. The number of furan rings is 1. The number of rotatable bonds is 8. The average molecular weight is 425 g/mol. The first-order valence-electron chi connectivity index (χ1n) is 10.4. The molecule has 0 spiro atoms. The summed E-state index contributed by atoms with van der Waals surface area (Å²) in [6.07, 6.45) is 4.09. The highest BCUT2D eigenvalue weighted by Gasteiger charge is 2.11. The van der Waals surface area contributed by atoms with Crippen molar-refractivity contribution in [3.05, 3.63) is 113 Å². The van der Waals surface area contributed by atoms with Crippen LogP contribution in [0.5, 0.6) is 5.75 Å². The fourth-order valence-electron chi connectivity index (χ4n) is 3.41. The molecule has 0 saturated carbocycles. The van der Waals surface area contributed by atoms with Gasteiger partial charge in [0.15, 0.2) is 5.76 Å². The van der Waals surface area contributed by atoms with Crippen molar-refractivity contribution in [2.24, 2.45) is 5.10 Å². The van der Waals surface area contributed by atoms with Crippen LogP contribution in [0, 0.1) is 6.92 Å². The summed E-state index contributed by atoms with van der Waals surface area (Å²) in [4.78, 5) is 12.3. The molecule has 1 heterocycles. The van der Waals surface area contributed by atoms with Gasteiger partial charge in [-0.3, -0.25) is 4.79 Å². The van der Waals surface area contributed by atoms with Crippen molar-refractivity contribution < 1.29 is 13.9 Å². The van der Waals surface area contributed by atoms with Crippen LogP contribution in [-0.2, 0) is 13.0 Å². The molecule has 0 bridgehead atoms. The summed E-state index contributed by atoms with van der Waals surface area (Å²) >= 11 is 0. The number of fused-ring (bicyclic) bond motifs is 1. The molecule has 0 fully saturated rings. The molecule has 1 aromatic heterocycles. The number of carbonyl (C=O) groups is 1. The molecule has 1 N–H and O–H groups in total. The first-order valence-corrected chi connectivity index (χ1v) is 10.4. The fraction of sp³-hybridized carbons (Fsp3) is 0.111. The van der Waals surface area contributed by atoms with E-state index in [0.717, 1.165) is 27.8 Å². The molecule has 0 aliphatic rings. The van der Waals surface area contributed by atoms with E-state index in [1.165, 1.54) is 5.56 Å². The SMILES string of the molecule is C=CCc1cc(/C=N/NC(=O)c2cc3ccccc3o2)ccc1OCc1cccc(C)c1. The van der Waals surface area contributed by atoms with Gasteiger partial charge in [0.05, 0.1) is 6.21 Å². The number of allylic oxidation sites excluding steroid dienone is 1. The van der Waals surface area contributed by atoms with E-state index in [2.05, 4.69) is 36.2 Å². The number of nitrogens with one attached hydrogen (secondary N) is 1. The largest absolute Gasteiger partial charge is 0.489 e. The molecule has 1 amide bonds. The maximum Gasteiger partial charge on any atom is 0.307 e. The van der Waals surface area contributed by atoms with Crippen molar-refractivity contribution in [3.8, 4) is 5.75 Å². The van der Waals surface area contributed by atoms with Gasteiger partial charge in [-0.15, -0.1) is 6.58 Å². The minimum Gasteiger partial charge on any atom is -0.489 e. The average Bonchev–Trinajstić information content (AvgIpc) is 3.23. The molecular weight excluding hydrogens is 400 g/mol. The molecule has 0 saturated heterocycles. The second kappa shape index (κ2) is 9.79. The summed E-state index contributed by atoms with van der Waals surface area (Å²) in [7, 11) is 0. The zero-order valence-corrected chi connectivity index (χ0v) is 17.9. The Balaban J connectivity index is 1.42.